The molecule has 0 heterocycles. The molecule has 0 aromatic carbocycles. The summed E-state index contributed by atoms with van der Waals surface area (Å²) < 4.78 is 0. The zero-order valence-electron chi connectivity index (χ0n) is 16.0. The zero-order valence-corrected chi connectivity index (χ0v) is 16.0. The monoisotopic (exact) mass is 376 g/mol. The lowest BCUT2D eigenvalue weighted by Crippen LogP contribution is -2.18. The second-order valence-electron chi connectivity index (χ2n) is 6.84. The van der Waals surface area contributed by atoms with Gasteiger partial charge in [0.15, 0.2) is 0 Å². The molecule has 1 aliphatic carbocycles. The SMILES string of the molecule is CC[C@@H](O)/C=C/[C@H]1[C@H](O)CC(=O)[C@H]1C/C=C\C/C=C\C/C=C\CCC(=O)O. The largest absolute Gasteiger partial charge is 0.481 e. The van der Waals surface area contributed by atoms with Crippen molar-refractivity contribution in [2.75, 3.05) is 0 Å². The highest BCUT2D eigenvalue weighted by Gasteiger charge is 2.39. The highest BCUT2D eigenvalue weighted by atomic mass is 16.4. The van der Waals surface area contributed by atoms with Gasteiger partial charge in [-0.2, -0.15) is 0 Å². The molecule has 0 saturated heterocycles. The Morgan fingerprint density at radius 3 is 2.41 bits per heavy atom. The summed E-state index contributed by atoms with van der Waals surface area (Å²) in [6.45, 7) is 1.88. The van der Waals surface area contributed by atoms with Gasteiger partial charge in [0.2, 0.25) is 0 Å². The Morgan fingerprint density at radius 1 is 1.15 bits per heavy atom. The van der Waals surface area contributed by atoms with E-state index in [9.17, 15) is 19.8 Å². The highest BCUT2D eigenvalue weighted by molar-refractivity contribution is 5.84. The molecular weight excluding hydrogens is 344 g/mol. The summed E-state index contributed by atoms with van der Waals surface area (Å²) in [7, 11) is 0. The van der Waals surface area contributed by atoms with Crippen LogP contribution in [-0.2, 0) is 9.59 Å². The van der Waals surface area contributed by atoms with Gasteiger partial charge in [0.05, 0.1) is 12.2 Å². The number of ketones is 1. The van der Waals surface area contributed by atoms with E-state index < -0.39 is 18.2 Å². The molecule has 1 fully saturated rings. The summed E-state index contributed by atoms with van der Waals surface area (Å²) in [6.07, 6.45) is 17.7. The molecule has 1 saturated carbocycles. The number of carbonyl (C=O) groups excluding carboxylic acids is 1. The molecule has 1 aliphatic rings. The van der Waals surface area contributed by atoms with Crippen LogP contribution in [0.5, 0.6) is 0 Å². The lowest BCUT2D eigenvalue weighted by molar-refractivity contribution is -0.136. The first-order chi connectivity index (χ1) is 13.0. The third kappa shape index (κ3) is 9.50. The van der Waals surface area contributed by atoms with Gasteiger partial charge >= 0.3 is 5.97 Å². The third-order valence-electron chi connectivity index (χ3n) is 4.67. The van der Waals surface area contributed by atoms with Crippen molar-refractivity contribution in [2.45, 2.75) is 64.1 Å². The zero-order chi connectivity index (χ0) is 20.1. The Bertz CT molecular complexity index is 573. The first kappa shape index (κ1) is 23.1. The maximum atomic E-state index is 12.1. The molecule has 27 heavy (non-hydrogen) atoms. The Kier molecular flexibility index (Phi) is 11.3. The van der Waals surface area contributed by atoms with Crippen LogP contribution in [0.2, 0.25) is 0 Å². The Morgan fingerprint density at radius 2 is 1.78 bits per heavy atom. The quantitative estimate of drug-likeness (QED) is 0.453. The van der Waals surface area contributed by atoms with Crippen molar-refractivity contribution < 1.29 is 24.9 Å². The minimum absolute atomic E-state index is 0.0785. The van der Waals surface area contributed by atoms with Gasteiger partial charge in [-0.15, -0.1) is 0 Å². The highest BCUT2D eigenvalue weighted by Crippen LogP contribution is 2.33. The van der Waals surface area contributed by atoms with Crippen molar-refractivity contribution in [1.29, 1.82) is 0 Å². The molecule has 0 radical (unpaired) electrons. The maximum Gasteiger partial charge on any atom is 0.303 e. The molecule has 150 valence electrons. The smallest absolute Gasteiger partial charge is 0.303 e. The van der Waals surface area contributed by atoms with Crippen LogP contribution in [0.1, 0.15) is 51.9 Å². The summed E-state index contributed by atoms with van der Waals surface area (Å²) in [5.41, 5.74) is 0. The van der Waals surface area contributed by atoms with E-state index in [0.29, 0.717) is 19.3 Å². The van der Waals surface area contributed by atoms with E-state index in [0.717, 1.165) is 12.8 Å². The Hall–Kier alpha value is -1.98. The molecule has 0 spiro atoms. The minimum atomic E-state index is -0.784. The van der Waals surface area contributed by atoms with Crippen LogP contribution < -0.4 is 0 Å². The van der Waals surface area contributed by atoms with Gasteiger partial charge < -0.3 is 15.3 Å². The van der Waals surface area contributed by atoms with E-state index in [1.165, 1.54) is 0 Å². The van der Waals surface area contributed by atoms with E-state index in [2.05, 4.69) is 0 Å². The normalized spacial score (nSPS) is 24.9. The number of aliphatic carboxylic acids is 1. The molecule has 5 nitrogen and oxygen atoms in total. The summed E-state index contributed by atoms with van der Waals surface area (Å²) in [6, 6.07) is 0. The number of carboxylic acid groups (broad SMARTS) is 1. The van der Waals surface area contributed by atoms with Crippen LogP contribution in [0.15, 0.2) is 48.6 Å². The van der Waals surface area contributed by atoms with E-state index in [4.69, 9.17) is 5.11 Å². The molecule has 0 amide bonds. The average Bonchev–Trinajstić information content (AvgIpc) is 2.90. The van der Waals surface area contributed by atoms with E-state index in [1.54, 1.807) is 12.2 Å². The van der Waals surface area contributed by atoms with Crippen LogP contribution in [0.3, 0.4) is 0 Å². The fraction of sp³-hybridized carbons (Fsp3) is 0.545. The van der Waals surface area contributed by atoms with Crippen molar-refractivity contribution in [3.05, 3.63) is 48.6 Å². The molecule has 0 unspecified atom stereocenters. The Balaban J connectivity index is 2.35. The number of allylic oxidation sites excluding steroid dienone is 6. The van der Waals surface area contributed by atoms with Gasteiger partial charge in [0.1, 0.15) is 5.78 Å². The molecule has 0 aliphatic heterocycles. The van der Waals surface area contributed by atoms with Gasteiger partial charge in [-0.3, -0.25) is 9.59 Å². The fourth-order valence-corrected chi connectivity index (χ4v) is 3.03. The first-order valence-electron chi connectivity index (χ1n) is 9.69. The molecule has 3 N–H and O–H groups in total. The number of aliphatic hydroxyl groups is 2. The minimum Gasteiger partial charge on any atom is -0.481 e. The van der Waals surface area contributed by atoms with E-state index >= 15 is 0 Å². The number of hydrogen-bond acceptors (Lipinski definition) is 4. The van der Waals surface area contributed by atoms with E-state index in [-0.39, 0.29) is 30.5 Å². The van der Waals surface area contributed by atoms with E-state index in [1.807, 2.05) is 43.4 Å². The molecule has 4 atom stereocenters. The summed E-state index contributed by atoms with van der Waals surface area (Å²) in [4.78, 5) is 22.5. The number of Topliss-reactive ketones (excluding diaryl/α,β-unsaturated/α-hetero) is 1. The summed E-state index contributed by atoms with van der Waals surface area (Å²) >= 11 is 0. The van der Waals surface area contributed by atoms with Crippen LogP contribution in [0.25, 0.3) is 0 Å². The number of aliphatic hydroxyl groups excluding tert-OH is 2. The molecule has 0 aromatic heterocycles. The van der Waals surface area contributed by atoms with Gasteiger partial charge in [-0.25, -0.2) is 0 Å². The number of hydrogen-bond donors (Lipinski definition) is 3. The number of rotatable bonds is 12. The van der Waals surface area contributed by atoms with Crippen molar-refractivity contribution in [3.8, 4) is 0 Å². The van der Waals surface area contributed by atoms with Crippen molar-refractivity contribution in [3.63, 3.8) is 0 Å². The fourth-order valence-electron chi connectivity index (χ4n) is 3.03. The van der Waals surface area contributed by atoms with Crippen LogP contribution in [0.4, 0.5) is 0 Å². The molecule has 0 bridgehead atoms. The van der Waals surface area contributed by atoms with Crippen LogP contribution in [-0.4, -0.2) is 39.3 Å². The van der Waals surface area contributed by atoms with Crippen molar-refractivity contribution in [1.82, 2.24) is 0 Å². The third-order valence-corrected chi connectivity index (χ3v) is 4.67. The lowest BCUT2D eigenvalue weighted by atomic mass is 9.90. The van der Waals surface area contributed by atoms with Gasteiger partial charge in [-0.05, 0) is 32.1 Å². The van der Waals surface area contributed by atoms with Crippen molar-refractivity contribution in [2.24, 2.45) is 11.8 Å². The predicted octanol–water partition coefficient (Wildman–Crippen LogP) is 3.58. The first-order valence-corrected chi connectivity index (χ1v) is 9.69. The Labute approximate surface area is 161 Å². The molecule has 0 aromatic rings. The summed E-state index contributed by atoms with van der Waals surface area (Å²) in [5, 5.41) is 28.2. The number of carboxylic acids is 1. The molecule has 5 heteroatoms. The standard InChI is InChI=1S/C22H32O5/c1-2-17(23)14-15-19-18(20(24)16-21(19)25)12-10-8-6-4-3-5-7-9-11-13-22(26)27/h3-4,7-10,14-15,17-19,21,23,25H,2,5-6,11-13,16H2,1H3,(H,26,27)/b4-3-,9-7-,10-8-,15-14+/t17-,18+,19-,21-/m1/s1. The van der Waals surface area contributed by atoms with Gasteiger partial charge in [-0.1, -0.05) is 55.5 Å². The second kappa shape index (κ2) is 13.2. The van der Waals surface area contributed by atoms with Gasteiger partial charge in [0, 0.05) is 24.7 Å². The van der Waals surface area contributed by atoms with Crippen molar-refractivity contribution >= 4 is 11.8 Å². The summed E-state index contributed by atoms with van der Waals surface area (Å²) in [5.74, 6) is -1.16. The lowest BCUT2D eigenvalue weighted by Gasteiger charge is -2.16. The average molecular weight is 376 g/mol. The van der Waals surface area contributed by atoms with Crippen LogP contribution in [0, 0.1) is 11.8 Å². The number of carbonyl (C=O) groups is 2. The van der Waals surface area contributed by atoms with Gasteiger partial charge in [0.25, 0.3) is 0 Å². The maximum absolute atomic E-state index is 12.1. The predicted molar refractivity (Wildman–Crippen MR) is 106 cm³/mol. The second-order valence-corrected chi connectivity index (χ2v) is 6.84. The topological polar surface area (TPSA) is 94.8 Å². The molecular formula is C22H32O5. The van der Waals surface area contributed by atoms with Crippen LogP contribution >= 0.6 is 0 Å². The molecule has 1 rings (SSSR count).